The monoisotopic (exact) mass is 738 g/mol. The van der Waals surface area contributed by atoms with Gasteiger partial charge in [0.1, 0.15) is 12.0 Å². The van der Waals surface area contributed by atoms with Crippen molar-refractivity contribution < 1.29 is 0 Å². The minimum absolute atomic E-state index is 0.261. The highest BCUT2D eigenvalue weighted by Crippen LogP contribution is 2.44. The Labute approximate surface area is 324 Å². The summed E-state index contributed by atoms with van der Waals surface area (Å²) in [6.45, 7) is 0. The zero-order chi connectivity index (χ0) is 36.0. The van der Waals surface area contributed by atoms with Crippen LogP contribution in [-0.4, -0.2) is 16.2 Å². The first kappa shape index (κ1) is 30.8. The fraction of sp³-hybridized carbons (Fsp3) is 0.0204. The SMILES string of the molecule is c1ccc(C2=NC(c3cc4sc5cc(-n6c7ccccc7c7cc8sc9ccccc9c8cc76)ccc5c4c4ccccc34)=NC(c3ccccc3)N2)cc1. The number of para-hydroxylation sites is 1. The van der Waals surface area contributed by atoms with Crippen LogP contribution < -0.4 is 5.32 Å². The maximum absolute atomic E-state index is 5.27. The van der Waals surface area contributed by atoms with Crippen LogP contribution in [0.4, 0.5) is 0 Å². The Morgan fingerprint density at radius 1 is 0.473 bits per heavy atom. The summed E-state index contributed by atoms with van der Waals surface area (Å²) >= 11 is 3.72. The number of fused-ring (bicyclic) bond motifs is 11. The van der Waals surface area contributed by atoms with Gasteiger partial charge < -0.3 is 9.88 Å². The number of amidine groups is 2. The number of hydrogen-bond acceptors (Lipinski definition) is 5. The van der Waals surface area contributed by atoms with E-state index in [0.717, 1.165) is 33.7 Å². The van der Waals surface area contributed by atoms with Crippen LogP contribution in [0.15, 0.2) is 180 Å². The van der Waals surface area contributed by atoms with Crippen LogP contribution in [-0.2, 0) is 0 Å². The van der Waals surface area contributed by atoms with E-state index in [1.54, 1.807) is 0 Å². The molecule has 55 heavy (non-hydrogen) atoms. The van der Waals surface area contributed by atoms with Gasteiger partial charge in [0.25, 0.3) is 0 Å². The third-order valence-electron chi connectivity index (χ3n) is 11.0. The molecule has 1 aliphatic heterocycles. The molecule has 1 N–H and O–H groups in total. The molecule has 258 valence electrons. The van der Waals surface area contributed by atoms with Gasteiger partial charge in [-0.25, -0.2) is 9.98 Å². The Morgan fingerprint density at radius 2 is 1.16 bits per heavy atom. The van der Waals surface area contributed by atoms with Gasteiger partial charge in [0.05, 0.1) is 11.0 Å². The van der Waals surface area contributed by atoms with E-state index in [0.29, 0.717) is 0 Å². The van der Waals surface area contributed by atoms with Gasteiger partial charge in [-0.05, 0) is 58.8 Å². The number of rotatable bonds is 4. The van der Waals surface area contributed by atoms with Crippen LogP contribution in [0, 0.1) is 0 Å². The van der Waals surface area contributed by atoms with E-state index in [2.05, 4.69) is 168 Å². The molecule has 1 aliphatic rings. The van der Waals surface area contributed by atoms with Crippen molar-refractivity contribution in [1.29, 1.82) is 0 Å². The van der Waals surface area contributed by atoms with Crippen LogP contribution in [0.1, 0.15) is 22.9 Å². The number of aliphatic imine (C=N–C) groups is 2. The Kier molecular flexibility index (Phi) is 6.70. The van der Waals surface area contributed by atoms with Crippen molar-refractivity contribution in [2.24, 2.45) is 9.98 Å². The molecule has 3 aromatic heterocycles. The smallest absolute Gasteiger partial charge is 0.160 e. The molecule has 0 spiro atoms. The third kappa shape index (κ3) is 4.75. The summed E-state index contributed by atoms with van der Waals surface area (Å²) in [5.74, 6) is 1.56. The molecule has 0 bridgehead atoms. The van der Waals surface area contributed by atoms with E-state index < -0.39 is 0 Å². The van der Waals surface area contributed by atoms with Gasteiger partial charge >= 0.3 is 0 Å². The molecule has 1 atom stereocenters. The first-order valence-corrected chi connectivity index (χ1v) is 20.2. The van der Waals surface area contributed by atoms with E-state index in [1.807, 2.05) is 34.8 Å². The van der Waals surface area contributed by atoms with E-state index in [4.69, 9.17) is 9.98 Å². The molecule has 0 saturated heterocycles. The lowest BCUT2D eigenvalue weighted by molar-refractivity contribution is 0.674. The lowest BCUT2D eigenvalue weighted by Crippen LogP contribution is -2.33. The second-order valence-corrected chi connectivity index (χ2v) is 16.3. The number of aromatic nitrogens is 1. The lowest BCUT2D eigenvalue weighted by atomic mass is 9.98. The van der Waals surface area contributed by atoms with E-state index >= 15 is 0 Å². The summed E-state index contributed by atoms with van der Waals surface area (Å²) in [5, 5.41) is 13.7. The predicted molar refractivity (Wildman–Crippen MR) is 236 cm³/mol. The molecule has 0 saturated carbocycles. The summed E-state index contributed by atoms with van der Waals surface area (Å²) in [5.41, 5.74) is 6.79. The molecule has 0 aliphatic carbocycles. The summed E-state index contributed by atoms with van der Waals surface area (Å²) in [7, 11) is 0. The third-order valence-corrected chi connectivity index (χ3v) is 13.3. The maximum Gasteiger partial charge on any atom is 0.160 e. The molecular formula is C49H30N4S2. The first-order chi connectivity index (χ1) is 27.2. The van der Waals surface area contributed by atoms with Crippen LogP contribution in [0.3, 0.4) is 0 Å². The fourth-order valence-corrected chi connectivity index (χ4v) is 10.9. The molecule has 12 rings (SSSR count). The summed E-state index contributed by atoms with van der Waals surface area (Å²) in [6, 6.07) is 61.2. The zero-order valence-electron chi connectivity index (χ0n) is 29.4. The molecule has 4 heterocycles. The number of nitrogens with zero attached hydrogens (tertiary/aromatic N) is 3. The average Bonchev–Trinajstić information content (AvgIpc) is 3.91. The van der Waals surface area contributed by atoms with Gasteiger partial charge in [-0.3, -0.25) is 0 Å². The summed E-state index contributed by atoms with van der Waals surface area (Å²) < 4.78 is 7.59. The van der Waals surface area contributed by atoms with Gasteiger partial charge in [0.2, 0.25) is 0 Å². The van der Waals surface area contributed by atoms with Gasteiger partial charge in [-0.2, -0.15) is 0 Å². The second-order valence-electron chi connectivity index (χ2n) is 14.2. The van der Waals surface area contributed by atoms with Crippen molar-refractivity contribution in [3.8, 4) is 5.69 Å². The van der Waals surface area contributed by atoms with Gasteiger partial charge in [0.15, 0.2) is 5.84 Å². The van der Waals surface area contributed by atoms with E-state index in [1.165, 1.54) is 73.2 Å². The van der Waals surface area contributed by atoms with Crippen molar-refractivity contribution in [1.82, 2.24) is 9.88 Å². The van der Waals surface area contributed by atoms with Crippen molar-refractivity contribution in [3.63, 3.8) is 0 Å². The van der Waals surface area contributed by atoms with Gasteiger partial charge in [-0.15, -0.1) is 22.7 Å². The van der Waals surface area contributed by atoms with Gasteiger partial charge in [0, 0.05) is 67.9 Å². The summed E-state index contributed by atoms with van der Waals surface area (Å²) in [4.78, 5) is 10.5. The molecule has 1 unspecified atom stereocenters. The molecule has 6 heteroatoms. The molecule has 0 fully saturated rings. The van der Waals surface area contributed by atoms with E-state index in [-0.39, 0.29) is 6.17 Å². The highest BCUT2D eigenvalue weighted by Gasteiger charge is 2.24. The maximum atomic E-state index is 5.27. The highest BCUT2D eigenvalue weighted by atomic mass is 32.1. The Balaban J connectivity index is 1.07. The number of hydrogen-bond donors (Lipinski definition) is 1. The second kappa shape index (κ2) is 12.0. The molecule has 0 amide bonds. The first-order valence-electron chi connectivity index (χ1n) is 18.5. The van der Waals surface area contributed by atoms with Gasteiger partial charge in [-0.1, -0.05) is 127 Å². The highest BCUT2D eigenvalue weighted by molar-refractivity contribution is 7.26. The van der Waals surface area contributed by atoms with Crippen LogP contribution >= 0.6 is 22.7 Å². The number of nitrogens with one attached hydrogen (secondary N) is 1. The fourth-order valence-electron chi connectivity index (χ4n) is 8.54. The Bertz CT molecular complexity index is 3410. The Hall–Kier alpha value is -6.60. The summed E-state index contributed by atoms with van der Waals surface area (Å²) in [6.07, 6.45) is -0.261. The van der Waals surface area contributed by atoms with Crippen LogP contribution in [0.2, 0.25) is 0 Å². The van der Waals surface area contributed by atoms with Crippen molar-refractivity contribution >= 4 is 107 Å². The Morgan fingerprint density at radius 3 is 2.02 bits per heavy atom. The zero-order valence-corrected chi connectivity index (χ0v) is 31.0. The molecule has 8 aromatic carbocycles. The predicted octanol–water partition coefficient (Wildman–Crippen LogP) is 13.2. The minimum atomic E-state index is -0.261. The molecular weight excluding hydrogens is 709 g/mol. The van der Waals surface area contributed by atoms with E-state index in [9.17, 15) is 0 Å². The standard InChI is InChI=1S/C49H30N4S2/c1-3-13-29(14-4-1)47-50-48(30-15-5-2-6-16-30)52-49(51-47)39-28-45-46(35-20-8-7-17-32(35)39)36-24-23-31(25-43(36)55-45)53-40-21-11-9-18-33(40)37-27-44-38(26-41(37)53)34-19-10-12-22-42(34)54-44/h1-28,47H,(H,50,51,52). The van der Waals surface area contributed by atoms with Crippen LogP contribution in [0.5, 0.6) is 0 Å². The minimum Gasteiger partial charge on any atom is -0.344 e. The lowest BCUT2D eigenvalue weighted by Gasteiger charge is -2.24. The van der Waals surface area contributed by atoms with Crippen LogP contribution in [0.25, 0.3) is 78.6 Å². The van der Waals surface area contributed by atoms with Crippen molar-refractivity contribution in [2.75, 3.05) is 0 Å². The van der Waals surface area contributed by atoms with Crippen molar-refractivity contribution in [3.05, 3.63) is 187 Å². The number of benzene rings is 8. The molecule has 0 radical (unpaired) electrons. The average molecular weight is 739 g/mol. The molecule has 4 nitrogen and oxygen atoms in total. The molecule has 11 aromatic rings. The topological polar surface area (TPSA) is 41.7 Å². The normalized spacial score (nSPS) is 14.7. The number of thiophene rings is 2. The van der Waals surface area contributed by atoms with Crippen molar-refractivity contribution in [2.45, 2.75) is 6.17 Å². The quantitative estimate of drug-likeness (QED) is 0.192. The largest absolute Gasteiger partial charge is 0.344 e.